The van der Waals surface area contributed by atoms with Crippen molar-refractivity contribution in [3.8, 4) is 56.3 Å². The number of hydrogen-bond acceptors (Lipinski definition) is 10. The van der Waals surface area contributed by atoms with Crippen LogP contribution in [0.3, 0.4) is 0 Å². The summed E-state index contributed by atoms with van der Waals surface area (Å²) in [5.74, 6) is 2.63. The van der Waals surface area contributed by atoms with Crippen LogP contribution in [0.25, 0.3) is 158 Å². The number of fused-ring (bicyclic) bond motifs is 15. The first-order valence-electron chi connectivity index (χ1n) is 44.3. The summed E-state index contributed by atoms with van der Waals surface area (Å²) in [5, 5.41) is 6.42. The molecule has 10 nitrogen and oxygen atoms in total. The van der Waals surface area contributed by atoms with Gasteiger partial charge in [0.25, 0.3) is 31.6 Å². The molecule has 0 bridgehead atoms. The van der Waals surface area contributed by atoms with Gasteiger partial charge in [-0.3, -0.25) is 0 Å². The van der Waals surface area contributed by atoms with Crippen LogP contribution in [0.4, 0.5) is 0 Å². The molecule has 0 fully saturated rings. The van der Waals surface area contributed by atoms with Gasteiger partial charge in [0.1, 0.15) is 23.5 Å². The Labute approximate surface area is 763 Å². The molecule has 0 aliphatic carbocycles. The highest BCUT2D eigenvalue weighted by Gasteiger charge is 2.29. The fourth-order valence-electron chi connectivity index (χ4n) is 17.9. The van der Waals surface area contributed by atoms with Crippen LogP contribution in [0.15, 0.2) is 244 Å². The van der Waals surface area contributed by atoms with E-state index in [0.717, 1.165) is 59.7 Å². The quantitative estimate of drug-likeness (QED) is 0.101. The summed E-state index contributed by atoms with van der Waals surface area (Å²) in [6.45, 7) is 36.0. The molecule has 0 saturated carbocycles. The van der Waals surface area contributed by atoms with Gasteiger partial charge in [0.05, 0.1) is 35.2 Å². The molecule has 10 aromatic carbocycles. The monoisotopic (exact) mass is 1750 g/mol. The van der Waals surface area contributed by atoms with Gasteiger partial charge >= 0.3 is 0 Å². The molecule has 15 heteroatoms. The average Bonchev–Trinajstić information content (AvgIpc) is 1.61. The first-order valence-corrected chi connectivity index (χ1v) is 48.4. The summed E-state index contributed by atoms with van der Waals surface area (Å²) in [6.07, 6.45) is 15.3. The Bertz CT molecular complexity index is 7410. The maximum Gasteiger partial charge on any atom is 0.287 e. The smallest absolute Gasteiger partial charge is 0.231 e. The van der Waals surface area contributed by atoms with Crippen LogP contribution in [0.1, 0.15) is 132 Å². The van der Waals surface area contributed by atoms with Crippen LogP contribution in [0.2, 0.25) is 0 Å². The lowest BCUT2D eigenvalue weighted by Crippen LogP contribution is -2.31. The van der Waals surface area contributed by atoms with E-state index in [1.807, 2.05) is 88.3 Å². The molecule has 0 radical (unpaired) electrons. The maximum atomic E-state index is 4.83. The number of aromatic nitrogens is 10. The van der Waals surface area contributed by atoms with E-state index in [-0.39, 0.29) is 5.41 Å². The van der Waals surface area contributed by atoms with E-state index in [1.54, 1.807) is 0 Å². The van der Waals surface area contributed by atoms with Gasteiger partial charge in [0, 0.05) is 78.2 Å². The topological polar surface area (TPSA) is 83.8 Å². The third-order valence-corrected chi connectivity index (χ3v) is 29.6. The number of aryl methyl sites for hydroxylation is 10. The van der Waals surface area contributed by atoms with Gasteiger partial charge in [-0.2, -0.15) is 0 Å². The molecule has 0 aliphatic rings. The van der Waals surface area contributed by atoms with Crippen molar-refractivity contribution in [2.75, 3.05) is 0 Å². The SMILES string of the molecule is Cc1ccc(CC(C)C)cc1-c1c2sc3ccccc3c2nc[n+]1C.Cc1ccccc1-c1c2sc3c(CC(C)(C)C)cccc3c2nc[n+]1C.Cc1ccccc1-c1c2sc3cc(CC(C)C)ccc3c2nc[n+]1C.Cc1ccccc1-c1c2sc3ccc(CC(C)C)cc3c2nc[n+]1C.Cc1ccccc1-c1c2sc3cccc(CC(C)C)c3c2nc[n+]1C. The Morgan fingerprint density at radius 3 is 1.09 bits per heavy atom. The van der Waals surface area contributed by atoms with E-state index < -0.39 is 0 Å². The molecule has 20 aromatic rings. The number of nitrogens with zero attached hydrogens (tertiary/aromatic N) is 10. The van der Waals surface area contributed by atoms with Crippen molar-refractivity contribution in [3.05, 3.63) is 300 Å². The van der Waals surface area contributed by atoms with E-state index in [2.05, 4.69) is 381 Å². The zero-order chi connectivity index (χ0) is 88.7. The molecule has 10 aromatic heterocycles. The predicted molar refractivity (Wildman–Crippen MR) is 540 cm³/mol. The second-order valence-corrected chi connectivity index (χ2v) is 42.4. The second-order valence-electron chi connectivity index (χ2n) is 37.2. The molecule has 20 rings (SSSR count). The fourth-order valence-corrected chi connectivity index (χ4v) is 24.3. The molecule has 0 saturated heterocycles. The van der Waals surface area contributed by atoms with E-state index in [9.17, 15) is 0 Å². The Morgan fingerprint density at radius 1 is 0.270 bits per heavy atom. The molecule has 0 unspecified atom stereocenters. The minimum atomic E-state index is 0.265. The Kier molecular flexibility index (Phi) is 26.1. The zero-order valence-corrected chi connectivity index (χ0v) is 81.0. The summed E-state index contributed by atoms with van der Waals surface area (Å²) < 4.78 is 23.8. The summed E-state index contributed by atoms with van der Waals surface area (Å²) in [7, 11) is 10.5. The van der Waals surface area contributed by atoms with Gasteiger partial charge in [0.2, 0.25) is 27.6 Å². The van der Waals surface area contributed by atoms with Gasteiger partial charge in [-0.05, 0) is 231 Å². The highest BCUT2D eigenvalue weighted by atomic mass is 32.1. The van der Waals surface area contributed by atoms with E-state index in [0.29, 0.717) is 23.7 Å². The van der Waals surface area contributed by atoms with Crippen molar-refractivity contribution in [1.82, 2.24) is 24.9 Å². The number of benzene rings is 10. The van der Waals surface area contributed by atoms with Gasteiger partial charge in [0.15, 0.2) is 28.5 Å². The van der Waals surface area contributed by atoms with E-state index in [4.69, 9.17) is 24.9 Å². The van der Waals surface area contributed by atoms with Crippen molar-refractivity contribution in [3.63, 3.8) is 0 Å². The average molecular weight is 1750 g/mol. The normalized spacial score (nSPS) is 11.8. The Hall–Kier alpha value is -11.3. The van der Waals surface area contributed by atoms with Crippen molar-refractivity contribution in [1.29, 1.82) is 0 Å². The van der Waals surface area contributed by atoms with Crippen LogP contribution in [0.5, 0.6) is 0 Å². The van der Waals surface area contributed by atoms with Crippen LogP contribution in [0, 0.1) is 63.7 Å². The lowest BCUT2D eigenvalue weighted by molar-refractivity contribution is -0.662. The fraction of sp³-hybridized carbons (Fsp3) is 0.279. The Morgan fingerprint density at radius 2 is 0.603 bits per heavy atom. The molecule has 636 valence electrons. The molecular weight excluding hydrogens is 1630 g/mol. The summed E-state index contributed by atoms with van der Waals surface area (Å²) in [6, 6.07) is 76.9. The molecule has 0 spiro atoms. The first-order chi connectivity index (χ1) is 60.5. The minimum Gasteiger partial charge on any atom is -0.231 e. The van der Waals surface area contributed by atoms with Gasteiger partial charge in [-0.15, -0.1) is 56.7 Å². The lowest BCUT2D eigenvalue weighted by atomic mass is 9.88. The lowest BCUT2D eigenvalue weighted by Gasteiger charge is -2.18. The molecule has 0 aliphatic heterocycles. The van der Waals surface area contributed by atoms with Gasteiger partial charge in [-0.25, -0.2) is 22.8 Å². The molecule has 10 heterocycles. The number of hydrogen-bond donors (Lipinski definition) is 0. The molecule has 0 N–H and O–H groups in total. The standard InChI is InChI=1S/C23H25N2S.4C22H23N2S/c1-15-9-6-7-11-17(15)20-22-19(24-14-25(20)5)18-12-8-10-16(21(18)26-22)13-23(2,3)4;1-14(2)12-16-9-7-11-18-19(16)20-22(25-18)21(24(4)13-23-20)17-10-6-5-8-15(17)3;1-14(2)11-16-10-9-15(3)18(12-16)21-22-20(23-13-24(21)4)17-7-5-6-8-19(17)25-22;1-14(2)11-16-9-10-19-18(12-16)20-22(25-19)21(24(4)13-23-20)17-8-6-5-7-15(17)3;1-14(2)11-16-9-10-18-19(12-16)25-22-20(18)23-13-24(4)21(22)17-8-6-5-7-15(17)3/h6-12,14H,13H2,1-5H3;5-11,13-14H,12H2,1-4H3;3*5-10,12-14H,11H2,1-4H3/q5*+1. The third-order valence-electron chi connectivity index (χ3n) is 23.6. The zero-order valence-electron chi connectivity index (χ0n) is 77.0. The third kappa shape index (κ3) is 18.4. The number of thiophene rings is 5. The van der Waals surface area contributed by atoms with Crippen molar-refractivity contribution in [2.45, 2.75) is 143 Å². The molecule has 126 heavy (non-hydrogen) atoms. The van der Waals surface area contributed by atoms with Crippen LogP contribution < -0.4 is 22.8 Å². The molecule has 0 atom stereocenters. The van der Waals surface area contributed by atoms with E-state index in [1.165, 1.54) is 186 Å². The van der Waals surface area contributed by atoms with Crippen molar-refractivity contribution >= 4 is 158 Å². The molecule has 0 amide bonds. The van der Waals surface area contributed by atoms with Crippen LogP contribution >= 0.6 is 56.7 Å². The second kappa shape index (κ2) is 37.3. The van der Waals surface area contributed by atoms with Crippen LogP contribution in [-0.4, -0.2) is 24.9 Å². The summed E-state index contributed by atoms with van der Waals surface area (Å²) >= 11 is 9.31. The predicted octanol–water partition coefficient (Wildman–Crippen LogP) is 27.6. The first kappa shape index (κ1) is 88.1. The number of rotatable bonds is 14. The Balaban J connectivity index is 0.000000116. The highest BCUT2D eigenvalue weighted by Crippen LogP contribution is 2.46. The molecular formula is C111H117N10S5+5. The highest BCUT2D eigenvalue weighted by molar-refractivity contribution is 7.28. The van der Waals surface area contributed by atoms with Gasteiger partial charge in [-0.1, -0.05) is 234 Å². The largest absolute Gasteiger partial charge is 0.287 e. The maximum absolute atomic E-state index is 4.83. The summed E-state index contributed by atoms with van der Waals surface area (Å²) in [4.78, 5) is 23.9. The van der Waals surface area contributed by atoms with Crippen molar-refractivity contribution < 1.29 is 22.8 Å². The van der Waals surface area contributed by atoms with E-state index >= 15 is 0 Å². The summed E-state index contributed by atoms with van der Waals surface area (Å²) in [5.41, 5.74) is 32.2. The van der Waals surface area contributed by atoms with Crippen molar-refractivity contribution in [2.24, 2.45) is 64.3 Å². The van der Waals surface area contributed by atoms with Gasteiger partial charge < -0.3 is 0 Å². The van der Waals surface area contributed by atoms with Crippen LogP contribution in [-0.2, 0) is 67.3 Å². The minimum absolute atomic E-state index is 0.265.